The van der Waals surface area contributed by atoms with E-state index in [-0.39, 0.29) is 5.91 Å². The molecule has 1 saturated carbocycles. The van der Waals surface area contributed by atoms with Crippen LogP contribution in [0.1, 0.15) is 44.1 Å². The number of nitrogens with one attached hydrogen (secondary N) is 1. The van der Waals surface area contributed by atoms with Crippen molar-refractivity contribution < 1.29 is 4.79 Å². The summed E-state index contributed by atoms with van der Waals surface area (Å²) in [6.07, 6.45) is 10.9. The topological polar surface area (TPSA) is 29.1 Å². The Labute approximate surface area is 109 Å². The summed E-state index contributed by atoms with van der Waals surface area (Å²) < 4.78 is 0. The summed E-state index contributed by atoms with van der Waals surface area (Å²) in [5.41, 5.74) is 1.06. The molecule has 1 aliphatic carbocycles. The van der Waals surface area contributed by atoms with Crippen molar-refractivity contribution in [2.24, 2.45) is 0 Å². The smallest absolute Gasteiger partial charge is 0.244 e. The Bertz CT molecular complexity index is 389. The van der Waals surface area contributed by atoms with E-state index in [0.717, 1.165) is 18.4 Å². The lowest BCUT2D eigenvalue weighted by Gasteiger charge is -2.14. The molecule has 0 aromatic heterocycles. The zero-order valence-electron chi connectivity index (χ0n) is 10.8. The van der Waals surface area contributed by atoms with Crippen LogP contribution in [0.15, 0.2) is 36.4 Å². The highest BCUT2D eigenvalue weighted by Gasteiger charge is 2.12. The highest BCUT2D eigenvalue weighted by Crippen LogP contribution is 2.17. The fraction of sp³-hybridized carbons (Fsp3) is 0.438. The number of benzene rings is 1. The van der Waals surface area contributed by atoms with Gasteiger partial charge in [-0.1, -0.05) is 56.0 Å². The molecule has 1 N–H and O–H groups in total. The van der Waals surface area contributed by atoms with Crippen LogP contribution in [0.25, 0.3) is 6.08 Å². The van der Waals surface area contributed by atoms with E-state index in [0.29, 0.717) is 6.04 Å². The molecular formula is C16H21NO. The molecule has 1 amide bonds. The Morgan fingerprint density at radius 3 is 2.39 bits per heavy atom. The first-order valence-electron chi connectivity index (χ1n) is 6.88. The first-order valence-corrected chi connectivity index (χ1v) is 6.88. The Balaban J connectivity index is 1.82. The molecule has 1 aromatic rings. The van der Waals surface area contributed by atoms with Crippen LogP contribution in [-0.4, -0.2) is 11.9 Å². The molecule has 0 bridgehead atoms. The highest BCUT2D eigenvalue weighted by molar-refractivity contribution is 5.91. The van der Waals surface area contributed by atoms with Gasteiger partial charge in [0.2, 0.25) is 5.91 Å². The predicted octanol–water partition coefficient (Wildman–Crippen LogP) is 3.54. The average Bonchev–Trinajstić information content (AvgIpc) is 2.66. The van der Waals surface area contributed by atoms with Gasteiger partial charge >= 0.3 is 0 Å². The Kier molecular flexibility index (Phi) is 5.00. The number of rotatable bonds is 3. The van der Waals surface area contributed by atoms with Crippen LogP contribution in [0, 0.1) is 0 Å². The molecule has 0 unspecified atom stereocenters. The van der Waals surface area contributed by atoms with Gasteiger partial charge in [-0.05, 0) is 24.5 Å². The van der Waals surface area contributed by atoms with E-state index >= 15 is 0 Å². The monoisotopic (exact) mass is 243 g/mol. The highest BCUT2D eigenvalue weighted by atomic mass is 16.1. The lowest BCUT2D eigenvalue weighted by Crippen LogP contribution is -2.33. The summed E-state index contributed by atoms with van der Waals surface area (Å²) in [7, 11) is 0. The summed E-state index contributed by atoms with van der Waals surface area (Å²) >= 11 is 0. The Hall–Kier alpha value is -1.57. The third-order valence-electron chi connectivity index (χ3n) is 3.43. The maximum Gasteiger partial charge on any atom is 0.244 e. The van der Waals surface area contributed by atoms with Gasteiger partial charge in [0.25, 0.3) is 0 Å². The maximum absolute atomic E-state index is 11.8. The largest absolute Gasteiger partial charge is 0.350 e. The molecule has 0 heterocycles. The zero-order chi connectivity index (χ0) is 12.6. The molecular weight excluding hydrogens is 222 g/mol. The van der Waals surface area contributed by atoms with E-state index in [9.17, 15) is 4.79 Å². The van der Waals surface area contributed by atoms with Gasteiger partial charge in [0.1, 0.15) is 0 Å². The van der Waals surface area contributed by atoms with Crippen molar-refractivity contribution in [3.8, 4) is 0 Å². The van der Waals surface area contributed by atoms with E-state index in [1.807, 2.05) is 36.4 Å². The summed E-state index contributed by atoms with van der Waals surface area (Å²) in [6.45, 7) is 0. The number of hydrogen-bond donors (Lipinski definition) is 1. The molecule has 2 nitrogen and oxygen atoms in total. The van der Waals surface area contributed by atoms with Crippen molar-refractivity contribution in [3.05, 3.63) is 42.0 Å². The first kappa shape index (κ1) is 12.9. The van der Waals surface area contributed by atoms with E-state index in [1.165, 1.54) is 25.7 Å². The zero-order valence-corrected chi connectivity index (χ0v) is 10.8. The maximum atomic E-state index is 11.8. The molecule has 0 atom stereocenters. The Morgan fingerprint density at radius 1 is 1.06 bits per heavy atom. The van der Waals surface area contributed by atoms with Crippen LogP contribution in [0.2, 0.25) is 0 Å². The Morgan fingerprint density at radius 2 is 1.72 bits per heavy atom. The molecule has 0 aliphatic heterocycles. The van der Waals surface area contributed by atoms with Crippen molar-refractivity contribution in [2.45, 2.75) is 44.6 Å². The van der Waals surface area contributed by atoms with Gasteiger partial charge in [0.15, 0.2) is 0 Å². The second-order valence-corrected chi connectivity index (χ2v) is 4.94. The fourth-order valence-corrected chi connectivity index (χ4v) is 2.41. The summed E-state index contributed by atoms with van der Waals surface area (Å²) in [6, 6.07) is 10.3. The van der Waals surface area contributed by atoms with Crippen LogP contribution in [0.4, 0.5) is 0 Å². The predicted molar refractivity (Wildman–Crippen MR) is 75.1 cm³/mol. The van der Waals surface area contributed by atoms with Gasteiger partial charge in [-0.15, -0.1) is 0 Å². The van der Waals surface area contributed by atoms with Crippen molar-refractivity contribution in [1.82, 2.24) is 5.32 Å². The van der Waals surface area contributed by atoms with Crippen molar-refractivity contribution in [1.29, 1.82) is 0 Å². The minimum Gasteiger partial charge on any atom is -0.350 e. The lowest BCUT2D eigenvalue weighted by atomic mass is 10.1. The van der Waals surface area contributed by atoms with E-state index in [4.69, 9.17) is 0 Å². The third kappa shape index (κ3) is 4.36. The first-order chi connectivity index (χ1) is 8.84. The van der Waals surface area contributed by atoms with Gasteiger partial charge in [-0.2, -0.15) is 0 Å². The molecule has 2 heteroatoms. The van der Waals surface area contributed by atoms with Crippen LogP contribution in [0.5, 0.6) is 0 Å². The number of carbonyl (C=O) groups excluding carboxylic acids is 1. The van der Waals surface area contributed by atoms with E-state index in [1.54, 1.807) is 6.08 Å². The van der Waals surface area contributed by atoms with Crippen molar-refractivity contribution in [3.63, 3.8) is 0 Å². The average molecular weight is 243 g/mol. The molecule has 96 valence electrons. The second-order valence-electron chi connectivity index (χ2n) is 4.94. The van der Waals surface area contributed by atoms with Crippen LogP contribution in [0.3, 0.4) is 0 Å². The summed E-state index contributed by atoms with van der Waals surface area (Å²) in [5.74, 6) is 0.0331. The SMILES string of the molecule is O=C(/C=C/c1ccccc1)NC1CCCCCC1. The quantitative estimate of drug-likeness (QED) is 0.638. The molecule has 0 spiro atoms. The molecule has 1 aliphatic rings. The second kappa shape index (κ2) is 7.00. The molecule has 18 heavy (non-hydrogen) atoms. The third-order valence-corrected chi connectivity index (χ3v) is 3.43. The van der Waals surface area contributed by atoms with Gasteiger partial charge in [0, 0.05) is 12.1 Å². The number of hydrogen-bond acceptors (Lipinski definition) is 1. The lowest BCUT2D eigenvalue weighted by molar-refractivity contribution is -0.117. The minimum absolute atomic E-state index is 0.0331. The van der Waals surface area contributed by atoms with Crippen molar-refractivity contribution >= 4 is 12.0 Å². The van der Waals surface area contributed by atoms with Crippen LogP contribution in [-0.2, 0) is 4.79 Å². The van der Waals surface area contributed by atoms with Crippen molar-refractivity contribution in [2.75, 3.05) is 0 Å². The molecule has 2 rings (SSSR count). The normalized spacial score (nSPS) is 17.6. The number of amides is 1. The standard InChI is InChI=1S/C16H21NO/c18-16(13-12-14-8-4-3-5-9-14)17-15-10-6-1-2-7-11-15/h3-5,8-9,12-13,15H,1-2,6-7,10-11H2,(H,17,18)/b13-12+. The fourth-order valence-electron chi connectivity index (χ4n) is 2.41. The molecule has 0 saturated heterocycles. The molecule has 1 fully saturated rings. The van der Waals surface area contributed by atoms with Crippen LogP contribution < -0.4 is 5.32 Å². The van der Waals surface area contributed by atoms with E-state index in [2.05, 4.69) is 5.32 Å². The summed E-state index contributed by atoms with van der Waals surface area (Å²) in [4.78, 5) is 11.8. The van der Waals surface area contributed by atoms with Crippen LogP contribution >= 0.6 is 0 Å². The molecule has 0 radical (unpaired) electrons. The van der Waals surface area contributed by atoms with Gasteiger partial charge < -0.3 is 5.32 Å². The minimum atomic E-state index is 0.0331. The van der Waals surface area contributed by atoms with Gasteiger partial charge in [-0.3, -0.25) is 4.79 Å². The van der Waals surface area contributed by atoms with E-state index < -0.39 is 0 Å². The summed E-state index contributed by atoms with van der Waals surface area (Å²) in [5, 5.41) is 3.10. The van der Waals surface area contributed by atoms with Gasteiger partial charge in [0.05, 0.1) is 0 Å². The number of carbonyl (C=O) groups is 1. The molecule has 1 aromatic carbocycles. The van der Waals surface area contributed by atoms with Gasteiger partial charge in [-0.25, -0.2) is 0 Å².